The summed E-state index contributed by atoms with van der Waals surface area (Å²) in [6.45, 7) is 4.36. The predicted octanol–water partition coefficient (Wildman–Crippen LogP) is 3.51. The third-order valence-electron chi connectivity index (χ3n) is 6.58. The fourth-order valence-corrected chi connectivity index (χ4v) is 5.31. The molecule has 1 aromatic rings. The van der Waals surface area contributed by atoms with Gasteiger partial charge in [0.25, 0.3) is 0 Å². The first-order valence-electron chi connectivity index (χ1n) is 9.65. The van der Waals surface area contributed by atoms with E-state index < -0.39 is 0 Å². The molecular formula is C21H30N2O. The van der Waals surface area contributed by atoms with Crippen molar-refractivity contribution >= 4 is 5.91 Å². The number of hydrogen-bond acceptors (Lipinski definition) is 2. The summed E-state index contributed by atoms with van der Waals surface area (Å²) in [5, 5.41) is 0. The lowest BCUT2D eigenvalue weighted by Crippen LogP contribution is -2.55. The molecule has 1 amide bonds. The Hall–Kier alpha value is -1.35. The van der Waals surface area contributed by atoms with Gasteiger partial charge in [0, 0.05) is 38.0 Å². The van der Waals surface area contributed by atoms with E-state index in [1.165, 1.54) is 50.8 Å². The first-order chi connectivity index (χ1) is 11.6. The Kier molecular flexibility index (Phi) is 4.38. The van der Waals surface area contributed by atoms with Gasteiger partial charge in [0.15, 0.2) is 0 Å². The van der Waals surface area contributed by atoms with Crippen LogP contribution in [0.2, 0.25) is 0 Å². The second-order valence-corrected chi connectivity index (χ2v) is 8.57. The van der Waals surface area contributed by atoms with E-state index in [4.69, 9.17) is 0 Å². The standard InChI is InChI=1S/C21H30N2O/c1-22-14-21(15-22)11-12-23(16-21)20(24)13-17-7-9-19(10-8-17)18-5-3-2-4-6-18/h2-6,17,19H,7-16H2,1H3. The molecule has 24 heavy (non-hydrogen) atoms. The summed E-state index contributed by atoms with van der Waals surface area (Å²) in [7, 11) is 2.18. The Morgan fingerprint density at radius 2 is 1.79 bits per heavy atom. The normalized spacial score (nSPS) is 29.6. The van der Waals surface area contributed by atoms with Gasteiger partial charge in [0.2, 0.25) is 5.91 Å². The highest BCUT2D eigenvalue weighted by Crippen LogP contribution is 2.40. The van der Waals surface area contributed by atoms with Crippen molar-refractivity contribution in [3.8, 4) is 0 Å². The molecular weight excluding hydrogens is 296 g/mol. The minimum Gasteiger partial charge on any atom is -0.342 e. The van der Waals surface area contributed by atoms with Crippen molar-refractivity contribution in [2.75, 3.05) is 33.2 Å². The van der Waals surface area contributed by atoms with Crippen molar-refractivity contribution in [2.24, 2.45) is 11.3 Å². The van der Waals surface area contributed by atoms with Crippen LogP contribution in [-0.2, 0) is 4.79 Å². The van der Waals surface area contributed by atoms with Crippen molar-refractivity contribution in [1.29, 1.82) is 0 Å². The first kappa shape index (κ1) is 16.1. The first-order valence-corrected chi connectivity index (χ1v) is 9.65. The summed E-state index contributed by atoms with van der Waals surface area (Å²) in [6, 6.07) is 10.9. The van der Waals surface area contributed by atoms with Crippen molar-refractivity contribution < 1.29 is 4.79 Å². The van der Waals surface area contributed by atoms with Gasteiger partial charge in [-0.25, -0.2) is 0 Å². The molecule has 0 radical (unpaired) electrons. The molecule has 1 aromatic carbocycles. The quantitative estimate of drug-likeness (QED) is 0.848. The number of carbonyl (C=O) groups excluding carboxylic acids is 1. The van der Waals surface area contributed by atoms with E-state index in [0.29, 0.717) is 23.2 Å². The lowest BCUT2D eigenvalue weighted by molar-refractivity contribution is -0.132. The van der Waals surface area contributed by atoms with Crippen LogP contribution in [0, 0.1) is 11.3 Å². The molecule has 4 rings (SSSR count). The molecule has 130 valence electrons. The molecule has 2 heterocycles. The van der Waals surface area contributed by atoms with Gasteiger partial charge < -0.3 is 9.80 Å². The van der Waals surface area contributed by atoms with E-state index in [9.17, 15) is 4.79 Å². The second-order valence-electron chi connectivity index (χ2n) is 8.57. The Labute approximate surface area is 146 Å². The molecule has 0 aromatic heterocycles. The van der Waals surface area contributed by atoms with Gasteiger partial charge in [0.1, 0.15) is 0 Å². The van der Waals surface area contributed by atoms with Crippen molar-refractivity contribution in [3.05, 3.63) is 35.9 Å². The summed E-state index contributed by atoms with van der Waals surface area (Å²) in [5.41, 5.74) is 1.92. The predicted molar refractivity (Wildman–Crippen MR) is 96.9 cm³/mol. The van der Waals surface area contributed by atoms with Crippen molar-refractivity contribution in [2.45, 2.75) is 44.4 Å². The third-order valence-corrected chi connectivity index (χ3v) is 6.58. The van der Waals surface area contributed by atoms with Gasteiger partial charge in [-0.05, 0) is 56.6 Å². The molecule has 3 nitrogen and oxygen atoms in total. The number of nitrogens with zero attached hydrogens (tertiary/aromatic N) is 2. The zero-order valence-electron chi connectivity index (χ0n) is 14.9. The van der Waals surface area contributed by atoms with E-state index in [1.54, 1.807) is 0 Å². The Balaban J connectivity index is 1.25. The van der Waals surface area contributed by atoms with Crippen LogP contribution >= 0.6 is 0 Å². The topological polar surface area (TPSA) is 23.6 Å². The zero-order chi connectivity index (χ0) is 16.6. The van der Waals surface area contributed by atoms with E-state index in [2.05, 4.69) is 47.2 Å². The average molecular weight is 326 g/mol. The lowest BCUT2D eigenvalue weighted by atomic mass is 9.77. The molecule has 3 fully saturated rings. The number of likely N-dealkylation sites (tertiary alicyclic amines) is 2. The number of hydrogen-bond donors (Lipinski definition) is 0. The average Bonchev–Trinajstić information content (AvgIpc) is 3.01. The van der Waals surface area contributed by atoms with Gasteiger partial charge in [-0.15, -0.1) is 0 Å². The van der Waals surface area contributed by atoms with Gasteiger partial charge in [-0.2, -0.15) is 0 Å². The van der Waals surface area contributed by atoms with Crippen LogP contribution in [0.3, 0.4) is 0 Å². The van der Waals surface area contributed by atoms with Crippen LogP contribution in [-0.4, -0.2) is 48.9 Å². The number of carbonyl (C=O) groups is 1. The molecule has 3 aliphatic rings. The molecule has 0 N–H and O–H groups in total. The van der Waals surface area contributed by atoms with Gasteiger partial charge in [-0.1, -0.05) is 30.3 Å². The highest BCUT2D eigenvalue weighted by Gasteiger charge is 2.47. The maximum absolute atomic E-state index is 12.7. The van der Waals surface area contributed by atoms with Crippen LogP contribution in [0.1, 0.15) is 50.0 Å². The molecule has 2 saturated heterocycles. The molecule has 1 spiro atoms. The fraction of sp³-hybridized carbons (Fsp3) is 0.667. The third kappa shape index (κ3) is 3.23. The minimum absolute atomic E-state index is 0.421. The Morgan fingerprint density at radius 1 is 1.08 bits per heavy atom. The molecule has 0 unspecified atom stereocenters. The van der Waals surface area contributed by atoms with E-state index >= 15 is 0 Å². The summed E-state index contributed by atoms with van der Waals surface area (Å²) < 4.78 is 0. The SMILES string of the molecule is CN1CC2(CCN(C(=O)CC3CCC(c4ccccc4)CC3)C2)C1. The van der Waals surface area contributed by atoms with E-state index in [1.807, 2.05) is 0 Å². The Morgan fingerprint density at radius 3 is 2.46 bits per heavy atom. The van der Waals surface area contributed by atoms with Crippen molar-refractivity contribution in [3.63, 3.8) is 0 Å². The number of rotatable bonds is 3. The van der Waals surface area contributed by atoms with E-state index in [-0.39, 0.29) is 0 Å². The largest absolute Gasteiger partial charge is 0.342 e. The maximum atomic E-state index is 12.7. The lowest BCUT2D eigenvalue weighted by Gasteiger charge is -2.46. The van der Waals surface area contributed by atoms with Crippen LogP contribution in [0.5, 0.6) is 0 Å². The highest BCUT2D eigenvalue weighted by molar-refractivity contribution is 5.77. The summed E-state index contributed by atoms with van der Waals surface area (Å²) >= 11 is 0. The molecule has 3 heteroatoms. The summed E-state index contributed by atoms with van der Waals surface area (Å²) in [6.07, 6.45) is 6.92. The molecule has 1 aliphatic carbocycles. The number of amides is 1. The molecule has 2 aliphatic heterocycles. The maximum Gasteiger partial charge on any atom is 0.222 e. The van der Waals surface area contributed by atoms with Gasteiger partial charge in [0.05, 0.1) is 0 Å². The molecule has 1 saturated carbocycles. The van der Waals surface area contributed by atoms with Crippen LogP contribution in [0.25, 0.3) is 0 Å². The summed E-state index contributed by atoms with van der Waals surface area (Å²) in [4.78, 5) is 17.2. The number of benzene rings is 1. The van der Waals surface area contributed by atoms with E-state index in [0.717, 1.165) is 19.5 Å². The van der Waals surface area contributed by atoms with Crippen LogP contribution in [0.15, 0.2) is 30.3 Å². The van der Waals surface area contributed by atoms with Crippen LogP contribution < -0.4 is 0 Å². The fourth-order valence-electron chi connectivity index (χ4n) is 5.31. The zero-order valence-corrected chi connectivity index (χ0v) is 14.9. The van der Waals surface area contributed by atoms with Gasteiger partial charge in [-0.3, -0.25) is 4.79 Å². The highest BCUT2D eigenvalue weighted by atomic mass is 16.2. The summed E-state index contributed by atoms with van der Waals surface area (Å²) in [5.74, 6) is 1.74. The van der Waals surface area contributed by atoms with Gasteiger partial charge >= 0.3 is 0 Å². The second kappa shape index (κ2) is 6.51. The monoisotopic (exact) mass is 326 g/mol. The van der Waals surface area contributed by atoms with Crippen molar-refractivity contribution in [1.82, 2.24) is 9.80 Å². The van der Waals surface area contributed by atoms with Crippen LogP contribution in [0.4, 0.5) is 0 Å². The minimum atomic E-state index is 0.421. The smallest absolute Gasteiger partial charge is 0.222 e. The molecule has 0 bridgehead atoms. The molecule has 0 atom stereocenters. The Bertz CT molecular complexity index is 571.